The molecule has 4 N–H and O–H groups in total. The molecule has 0 aliphatic carbocycles. The first kappa shape index (κ1) is 23.5. The molecule has 0 unspecified atom stereocenters. The van der Waals surface area contributed by atoms with Gasteiger partial charge in [-0.25, -0.2) is 4.79 Å². The third-order valence-corrected chi connectivity index (χ3v) is 3.97. The summed E-state index contributed by atoms with van der Waals surface area (Å²) in [5, 5.41) is 21.8. The van der Waals surface area contributed by atoms with Crippen LogP contribution in [0.4, 0.5) is 13.2 Å². The van der Waals surface area contributed by atoms with Crippen LogP contribution in [0.2, 0.25) is 0 Å². The van der Waals surface area contributed by atoms with Crippen LogP contribution in [0.3, 0.4) is 0 Å². The van der Waals surface area contributed by atoms with E-state index in [4.69, 9.17) is 19.4 Å². The second kappa shape index (κ2) is 9.82. The van der Waals surface area contributed by atoms with Crippen molar-refractivity contribution in [2.75, 3.05) is 13.1 Å². The summed E-state index contributed by atoms with van der Waals surface area (Å²) in [5.74, 6) is 2.15. The van der Waals surface area contributed by atoms with Crippen molar-refractivity contribution in [3.8, 4) is 11.8 Å². The van der Waals surface area contributed by atoms with Crippen LogP contribution in [0.25, 0.3) is 0 Å². The Morgan fingerprint density at radius 3 is 2.16 bits per heavy atom. The molecule has 1 fully saturated rings. The SMILES string of the molecule is O=C(O)C(F)(F)F.O=C(O)CC1(NC(=O)c2ccc(C#Cc3ccccc3)o2)CNC1. The number of halogens is 3. The van der Waals surface area contributed by atoms with Gasteiger partial charge in [0.15, 0.2) is 11.5 Å². The first-order valence-electron chi connectivity index (χ1n) is 8.73. The largest absolute Gasteiger partial charge is 0.490 e. The quantitative estimate of drug-likeness (QED) is 0.537. The van der Waals surface area contributed by atoms with E-state index in [1.807, 2.05) is 30.3 Å². The van der Waals surface area contributed by atoms with Gasteiger partial charge in [-0.3, -0.25) is 9.59 Å². The summed E-state index contributed by atoms with van der Waals surface area (Å²) < 4.78 is 37.2. The van der Waals surface area contributed by atoms with Crippen LogP contribution in [0, 0.1) is 11.8 Å². The number of nitrogens with one attached hydrogen (secondary N) is 2. The van der Waals surface area contributed by atoms with Crippen molar-refractivity contribution in [1.82, 2.24) is 10.6 Å². The smallest absolute Gasteiger partial charge is 0.481 e. The number of carbonyl (C=O) groups excluding carboxylic acids is 1. The van der Waals surface area contributed by atoms with Crippen molar-refractivity contribution < 1.29 is 42.2 Å². The predicted molar refractivity (Wildman–Crippen MR) is 100 cm³/mol. The average molecular weight is 438 g/mol. The van der Waals surface area contributed by atoms with Gasteiger partial charge >= 0.3 is 18.1 Å². The van der Waals surface area contributed by atoms with Gasteiger partial charge in [-0.15, -0.1) is 0 Å². The van der Waals surface area contributed by atoms with Gasteiger partial charge in [0.25, 0.3) is 5.91 Å². The minimum Gasteiger partial charge on any atom is -0.481 e. The molecule has 1 amide bonds. The number of rotatable bonds is 4. The average Bonchev–Trinajstić information content (AvgIpc) is 3.14. The number of hydrogen-bond donors (Lipinski definition) is 4. The van der Waals surface area contributed by atoms with E-state index in [0.717, 1.165) is 5.56 Å². The number of furan rings is 1. The lowest BCUT2D eigenvalue weighted by atomic mass is 9.88. The Bertz CT molecular complexity index is 1000. The molecule has 11 heteroatoms. The molecule has 2 heterocycles. The fourth-order valence-corrected chi connectivity index (χ4v) is 2.46. The highest BCUT2D eigenvalue weighted by molar-refractivity contribution is 5.92. The van der Waals surface area contributed by atoms with Crippen LogP contribution < -0.4 is 10.6 Å². The molecule has 0 spiro atoms. The molecule has 3 rings (SSSR count). The summed E-state index contributed by atoms with van der Waals surface area (Å²) in [4.78, 5) is 32.1. The van der Waals surface area contributed by atoms with Crippen LogP contribution in [0.5, 0.6) is 0 Å². The molecular formula is C20H17F3N2O6. The van der Waals surface area contributed by atoms with Gasteiger partial charge in [-0.05, 0) is 30.2 Å². The van der Waals surface area contributed by atoms with E-state index in [9.17, 15) is 22.8 Å². The second-order valence-corrected chi connectivity index (χ2v) is 6.49. The van der Waals surface area contributed by atoms with Crippen molar-refractivity contribution in [3.05, 3.63) is 59.5 Å². The number of benzene rings is 1. The topological polar surface area (TPSA) is 129 Å². The van der Waals surface area contributed by atoms with Crippen molar-refractivity contribution in [2.45, 2.75) is 18.1 Å². The van der Waals surface area contributed by atoms with E-state index in [0.29, 0.717) is 18.8 Å². The zero-order chi connectivity index (χ0) is 23.1. The Morgan fingerprint density at radius 2 is 1.68 bits per heavy atom. The third kappa shape index (κ3) is 7.20. The Balaban J connectivity index is 0.000000423. The molecule has 8 nitrogen and oxygen atoms in total. The standard InChI is InChI=1S/C18H16N2O4.C2HF3O2/c21-16(22)10-18(11-19-12-18)20-17(23)15-9-8-14(24-15)7-6-13-4-2-1-3-5-13;3-2(4,5)1(6)7/h1-5,8-9,19H,10-12H2,(H,20,23)(H,21,22);(H,6,7). The zero-order valence-electron chi connectivity index (χ0n) is 15.8. The van der Waals surface area contributed by atoms with E-state index >= 15 is 0 Å². The zero-order valence-corrected chi connectivity index (χ0v) is 15.8. The first-order valence-corrected chi connectivity index (χ1v) is 8.73. The first-order chi connectivity index (χ1) is 14.5. The molecule has 1 aliphatic heterocycles. The summed E-state index contributed by atoms with van der Waals surface area (Å²) in [7, 11) is 0. The molecule has 1 aromatic carbocycles. The second-order valence-electron chi connectivity index (χ2n) is 6.49. The van der Waals surface area contributed by atoms with Gasteiger partial charge < -0.3 is 25.3 Å². The van der Waals surface area contributed by atoms with E-state index in [-0.39, 0.29) is 12.2 Å². The van der Waals surface area contributed by atoms with Crippen LogP contribution >= 0.6 is 0 Å². The van der Waals surface area contributed by atoms with Crippen LogP contribution in [-0.2, 0) is 9.59 Å². The maximum Gasteiger partial charge on any atom is 0.490 e. The van der Waals surface area contributed by atoms with Gasteiger partial charge in [-0.1, -0.05) is 24.1 Å². The van der Waals surface area contributed by atoms with E-state index < -0.39 is 29.6 Å². The fourth-order valence-electron chi connectivity index (χ4n) is 2.46. The number of hydrogen-bond acceptors (Lipinski definition) is 5. The van der Waals surface area contributed by atoms with Gasteiger partial charge in [0.05, 0.1) is 12.0 Å². The van der Waals surface area contributed by atoms with E-state index in [2.05, 4.69) is 22.5 Å². The van der Waals surface area contributed by atoms with Crippen LogP contribution in [0.1, 0.15) is 28.3 Å². The lowest BCUT2D eigenvalue weighted by molar-refractivity contribution is -0.192. The highest BCUT2D eigenvalue weighted by Gasteiger charge is 2.41. The fraction of sp³-hybridized carbons (Fsp3) is 0.250. The minimum atomic E-state index is -5.08. The Hall–Kier alpha value is -3.78. The molecule has 31 heavy (non-hydrogen) atoms. The van der Waals surface area contributed by atoms with Crippen molar-refractivity contribution >= 4 is 17.8 Å². The maximum absolute atomic E-state index is 12.2. The van der Waals surface area contributed by atoms with Crippen molar-refractivity contribution in [3.63, 3.8) is 0 Å². The summed E-state index contributed by atoms with van der Waals surface area (Å²) in [5.41, 5.74) is 0.0897. The highest BCUT2D eigenvalue weighted by Crippen LogP contribution is 2.18. The number of aliphatic carboxylic acids is 2. The number of carbonyl (C=O) groups is 3. The summed E-state index contributed by atoms with van der Waals surface area (Å²) >= 11 is 0. The number of carboxylic acid groups (broad SMARTS) is 2. The molecule has 1 aliphatic rings. The lowest BCUT2D eigenvalue weighted by Crippen LogP contribution is -2.69. The van der Waals surface area contributed by atoms with Crippen molar-refractivity contribution in [1.29, 1.82) is 0 Å². The van der Waals surface area contributed by atoms with Crippen LogP contribution in [0.15, 0.2) is 46.9 Å². The van der Waals surface area contributed by atoms with Gasteiger partial charge in [0.1, 0.15) is 0 Å². The molecule has 0 saturated carbocycles. The monoisotopic (exact) mass is 438 g/mol. The third-order valence-electron chi connectivity index (χ3n) is 3.97. The minimum absolute atomic E-state index is 0.115. The predicted octanol–water partition coefficient (Wildman–Crippen LogP) is 1.86. The number of amides is 1. The van der Waals surface area contributed by atoms with Crippen molar-refractivity contribution in [2.24, 2.45) is 0 Å². The van der Waals surface area contributed by atoms with Gasteiger partial charge in [-0.2, -0.15) is 13.2 Å². The Kier molecular flexibility index (Phi) is 7.44. The summed E-state index contributed by atoms with van der Waals surface area (Å²) in [6.07, 6.45) is -5.22. The molecular weight excluding hydrogens is 421 g/mol. The number of carboxylic acids is 2. The molecule has 0 atom stereocenters. The molecule has 1 aromatic heterocycles. The number of alkyl halides is 3. The lowest BCUT2D eigenvalue weighted by Gasteiger charge is -2.41. The molecule has 1 saturated heterocycles. The van der Waals surface area contributed by atoms with E-state index in [1.54, 1.807) is 6.07 Å². The summed E-state index contributed by atoms with van der Waals surface area (Å²) in [6, 6.07) is 12.6. The molecule has 0 bridgehead atoms. The Labute approximate surface area is 174 Å². The Morgan fingerprint density at radius 1 is 1.06 bits per heavy atom. The normalized spacial score (nSPS) is 14.0. The van der Waals surface area contributed by atoms with Gasteiger partial charge in [0, 0.05) is 18.7 Å². The molecule has 0 radical (unpaired) electrons. The maximum atomic E-state index is 12.2. The summed E-state index contributed by atoms with van der Waals surface area (Å²) in [6.45, 7) is 0.846. The van der Waals surface area contributed by atoms with E-state index in [1.165, 1.54) is 6.07 Å². The molecule has 164 valence electrons. The highest BCUT2D eigenvalue weighted by atomic mass is 19.4. The van der Waals surface area contributed by atoms with Gasteiger partial charge in [0.2, 0.25) is 0 Å². The molecule has 2 aromatic rings. The van der Waals surface area contributed by atoms with Crippen LogP contribution in [-0.4, -0.2) is 52.9 Å².